The molecule has 0 unspecified atom stereocenters. The molecule has 1 saturated heterocycles. The highest BCUT2D eigenvalue weighted by Gasteiger charge is 2.34. The Morgan fingerprint density at radius 1 is 1.05 bits per heavy atom. The summed E-state index contributed by atoms with van der Waals surface area (Å²) >= 11 is 6.42. The highest BCUT2D eigenvalue weighted by Crippen LogP contribution is 2.38. The van der Waals surface area contributed by atoms with Crippen molar-refractivity contribution >= 4 is 57.6 Å². The van der Waals surface area contributed by atoms with Crippen molar-refractivity contribution in [3.8, 4) is 11.5 Å². The Morgan fingerprint density at radius 2 is 1.77 bits per heavy atom. The maximum Gasteiger partial charge on any atom is 0.418 e. The molecule has 1 heterocycles. The quantitative estimate of drug-likeness (QED) is 0.184. The van der Waals surface area contributed by atoms with Gasteiger partial charge in [-0.1, -0.05) is 42.2 Å². The van der Waals surface area contributed by atoms with E-state index in [1.165, 1.54) is 47.4 Å². The van der Waals surface area contributed by atoms with Crippen molar-refractivity contribution in [3.63, 3.8) is 0 Å². The second kappa shape index (κ2) is 11.9. The monoisotopic (exact) mass is 576 g/mol. The van der Waals surface area contributed by atoms with Gasteiger partial charge >= 0.3 is 6.18 Å². The first-order valence-electron chi connectivity index (χ1n) is 11.5. The Kier molecular flexibility index (Phi) is 8.56. The molecule has 2 amide bonds. The fraction of sp³-hybridized carbons (Fsp3) is 0.148. The van der Waals surface area contributed by atoms with Crippen molar-refractivity contribution in [1.82, 2.24) is 0 Å². The number of carbonyl (C=O) groups excluding carboxylic acids is 2. The van der Waals surface area contributed by atoms with Crippen LogP contribution in [0.2, 0.25) is 0 Å². The molecule has 0 radical (unpaired) electrons. The smallest absolute Gasteiger partial charge is 0.418 e. The second-order valence-corrected chi connectivity index (χ2v) is 9.69. The molecule has 1 N–H and O–H groups in total. The predicted molar refractivity (Wildman–Crippen MR) is 145 cm³/mol. The molecule has 0 bridgehead atoms. The molecule has 1 aliphatic heterocycles. The van der Waals surface area contributed by atoms with Crippen LogP contribution in [0.4, 0.5) is 28.9 Å². The first kappa shape index (κ1) is 28.1. The van der Waals surface area contributed by atoms with Crippen molar-refractivity contribution in [2.24, 2.45) is 0 Å². The zero-order chi connectivity index (χ0) is 28.2. The van der Waals surface area contributed by atoms with E-state index in [1.807, 2.05) is 0 Å². The lowest BCUT2D eigenvalue weighted by atomic mass is 10.1. The van der Waals surface area contributed by atoms with E-state index >= 15 is 0 Å². The molecular formula is C27H20F4N2O4S2. The first-order valence-corrected chi connectivity index (χ1v) is 12.7. The summed E-state index contributed by atoms with van der Waals surface area (Å²) in [6.07, 6.45) is -3.02. The normalized spacial score (nSPS) is 14.6. The number of para-hydroxylation sites is 1. The van der Waals surface area contributed by atoms with E-state index in [1.54, 1.807) is 25.1 Å². The largest absolute Gasteiger partial charge is 0.490 e. The molecule has 6 nitrogen and oxygen atoms in total. The van der Waals surface area contributed by atoms with Crippen molar-refractivity contribution in [1.29, 1.82) is 0 Å². The van der Waals surface area contributed by atoms with Crippen molar-refractivity contribution in [2.75, 3.05) is 23.4 Å². The number of benzene rings is 3. The van der Waals surface area contributed by atoms with Crippen LogP contribution in [0.5, 0.6) is 11.5 Å². The van der Waals surface area contributed by atoms with Gasteiger partial charge in [-0.3, -0.25) is 14.5 Å². The third kappa shape index (κ3) is 6.76. The number of thiocarbonyl (C=S) groups is 1. The fourth-order valence-electron chi connectivity index (χ4n) is 3.60. The predicted octanol–water partition coefficient (Wildman–Crippen LogP) is 6.67. The molecule has 202 valence electrons. The zero-order valence-electron chi connectivity index (χ0n) is 20.3. The van der Waals surface area contributed by atoms with Gasteiger partial charge in [0.2, 0.25) is 0 Å². The van der Waals surface area contributed by atoms with Gasteiger partial charge in [-0.25, -0.2) is 4.39 Å². The van der Waals surface area contributed by atoms with E-state index in [0.717, 1.165) is 23.9 Å². The molecule has 0 spiro atoms. The molecule has 4 rings (SSSR count). The highest BCUT2D eigenvalue weighted by atomic mass is 32.2. The topological polar surface area (TPSA) is 67.9 Å². The van der Waals surface area contributed by atoms with Crippen LogP contribution in [0.25, 0.3) is 6.08 Å². The number of hydrogen-bond acceptors (Lipinski definition) is 6. The van der Waals surface area contributed by atoms with Gasteiger partial charge in [-0.05, 0) is 67.1 Å². The maximum atomic E-state index is 13.3. The van der Waals surface area contributed by atoms with Gasteiger partial charge in [0.1, 0.15) is 5.82 Å². The average molecular weight is 577 g/mol. The molecule has 0 atom stereocenters. The van der Waals surface area contributed by atoms with E-state index in [0.29, 0.717) is 20.5 Å². The Morgan fingerprint density at radius 3 is 2.46 bits per heavy atom. The van der Waals surface area contributed by atoms with Crippen LogP contribution < -0.4 is 19.7 Å². The summed E-state index contributed by atoms with van der Waals surface area (Å²) in [7, 11) is 0. The van der Waals surface area contributed by atoms with Crippen LogP contribution in [-0.2, 0) is 15.8 Å². The number of hydrogen-bond donors (Lipinski definition) is 1. The minimum Gasteiger partial charge on any atom is -0.490 e. The number of ether oxygens (including phenoxy) is 2. The maximum absolute atomic E-state index is 13.3. The molecule has 0 aromatic heterocycles. The number of anilines is 2. The molecule has 3 aromatic rings. The van der Waals surface area contributed by atoms with Crippen LogP contribution in [0, 0.1) is 5.82 Å². The van der Waals surface area contributed by atoms with Gasteiger partial charge in [0.15, 0.2) is 22.4 Å². The van der Waals surface area contributed by atoms with Crippen LogP contribution in [0.3, 0.4) is 0 Å². The Hall–Kier alpha value is -3.90. The lowest BCUT2D eigenvalue weighted by Gasteiger charge is -2.15. The summed E-state index contributed by atoms with van der Waals surface area (Å²) in [5, 5.41) is 2.22. The van der Waals surface area contributed by atoms with E-state index in [-0.39, 0.29) is 29.7 Å². The Labute approximate surface area is 230 Å². The van der Waals surface area contributed by atoms with Gasteiger partial charge in [0.25, 0.3) is 11.8 Å². The average Bonchev–Trinajstić information content (AvgIpc) is 3.16. The Balaban J connectivity index is 1.48. The van der Waals surface area contributed by atoms with Gasteiger partial charge in [-0.15, -0.1) is 0 Å². The van der Waals surface area contributed by atoms with Gasteiger partial charge in [-0.2, -0.15) is 13.2 Å². The number of nitrogens with zero attached hydrogens (tertiary/aromatic N) is 1. The molecule has 1 aliphatic rings. The number of alkyl halides is 3. The van der Waals surface area contributed by atoms with Crippen molar-refractivity contribution in [2.45, 2.75) is 13.1 Å². The van der Waals surface area contributed by atoms with Crippen LogP contribution >= 0.6 is 24.0 Å². The Bertz CT molecular complexity index is 1440. The van der Waals surface area contributed by atoms with E-state index in [9.17, 15) is 27.2 Å². The van der Waals surface area contributed by atoms with Gasteiger partial charge < -0.3 is 14.8 Å². The highest BCUT2D eigenvalue weighted by molar-refractivity contribution is 8.27. The molecule has 0 aliphatic carbocycles. The summed E-state index contributed by atoms with van der Waals surface area (Å²) in [6, 6.07) is 14.8. The summed E-state index contributed by atoms with van der Waals surface area (Å²) in [5.74, 6) is -1.14. The lowest BCUT2D eigenvalue weighted by Crippen LogP contribution is -2.27. The first-order chi connectivity index (χ1) is 18.6. The molecule has 39 heavy (non-hydrogen) atoms. The molecule has 1 fully saturated rings. The van der Waals surface area contributed by atoms with Gasteiger partial charge in [0.05, 0.1) is 28.5 Å². The fourth-order valence-corrected chi connectivity index (χ4v) is 4.90. The summed E-state index contributed by atoms with van der Waals surface area (Å²) < 4.78 is 64.3. The van der Waals surface area contributed by atoms with Crippen LogP contribution in [0.1, 0.15) is 18.1 Å². The summed E-state index contributed by atoms with van der Waals surface area (Å²) in [4.78, 5) is 27.0. The third-order valence-electron chi connectivity index (χ3n) is 5.31. The van der Waals surface area contributed by atoms with Crippen molar-refractivity contribution < 1.29 is 36.6 Å². The molecule has 0 saturated carbocycles. The van der Waals surface area contributed by atoms with Crippen molar-refractivity contribution in [3.05, 3.63) is 88.6 Å². The molecule has 12 heteroatoms. The van der Waals surface area contributed by atoms with E-state index in [2.05, 4.69) is 5.32 Å². The number of halogens is 4. The number of carbonyl (C=O) groups is 2. The SMILES string of the molecule is CCOc1cc(/C=C2\SC(=S)N(c3ccc(F)cc3)C2=O)ccc1OCC(=O)Nc1ccccc1C(F)(F)F. The molecule has 3 aromatic carbocycles. The van der Waals surface area contributed by atoms with Crippen LogP contribution in [0.15, 0.2) is 71.6 Å². The minimum atomic E-state index is -4.63. The number of nitrogens with one attached hydrogen (secondary N) is 1. The summed E-state index contributed by atoms with van der Waals surface area (Å²) in [6.45, 7) is 1.44. The lowest BCUT2D eigenvalue weighted by molar-refractivity contribution is -0.137. The number of rotatable bonds is 8. The zero-order valence-corrected chi connectivity index (χ0v) is 21.9. The standard InChI is InChI=1S/C27H20F4N2O4S2/c1-2-36-22-13-16(14-23-25(35)33(26(38)39-23)18-10-8-17(28)9-11-18)7-12-21(22)37-15-24(34)32-20-6-4-3-5-19(20)27(29,30)31/h3-14H,2,15H2,1H3,(H,32,34)/b23-14-. The number of thioether (sulfide) groups is 1. The van der Waals surface area contributed by atoms with Gasteiger partial charge in [0, 0.05) is 0 Å². The molecular weight excluding hydrogens is 556 g/mol. The third-order valence-corrected chi connectivity index (χ3v) is 6.61. The van der Waals surface area contributed by atoms with Crippen LogP contribution in [-0.4, -0.2) is 29.3 Å². The van der Waals surface area contributed by atoms with E-state index < -0.39 is 30.1 Å². The number of amides is 2. The summed E-state index contributed by atoms with van der Waals surface area (Å²) in [5.41, 5.74) is -0.328. The van der Waals surface area contributed by atoms with E-state index in [4.69, 9.17) is 21.7 Å². The second-order valence-electron chi connectivity index (χ2n) is 8.01. The minimum absolute atomic E-state index is 0.187.